The molecule has 0 spiro atoms. The Morgan fingerprint density at radius 2 is 1.86 bits per heavy atom. The highest BCUT2D eigenvalue weighted by Crippen LogP contribution is 2.12. The molecule has 1 heterocycles. The number of likely N-dealkylation sites (tertiary alicyclic amines) is 1. The van der Waals surface area contributed by atoms with Gasteiger partial charge in [0.05, 0.1) is 11.4 Å². The van der Waals surface area contributed by atoms with E-state index in [0.29, 0.717) is 12.5 Å². The van der Waals surface area contributed by atoms with Gasteiger partial charge in [-0.1, -0.05) is 12.1 Å². The van der Waals surface area contributed by atoms with Crippen molar-refractivity contribution in [3.63, 3.8) is 0 Å². The fraction of sp³-hybridized carbons (Fsp3) is 0.500. The number of sulfonamides is 1. The molecule has 2 rings (SSSR count). The third-order valence-corrected chi connectivity index (χ3v) is 5.04. The number of guanidine groups is 1. The van der Waals surface area contributed by atoms with E-state index in [1.807, 2.05) is 0 Å². The van der Waals surface area contributed by atoms with Gasteiger partial charge in [-0.25, -0.2) is 18.1 Å². The Labute approximate surface area is 126 Å². The van der Waals surface area contributed by atoms with E-state index >= 15 is 0 Å². The Morgan fingerprint density at radius 1 is 1.24 bits per heavy atom. The van der Waals surface area contributed by atoms with Crippen molar-refractivity contribution in [1.82, 2.24) is 9.62 Å². The van der Waals surface area contributed by atoms with Gasteiger partial charge in [-0.2, -0.15) is 0 Å². The van der Waals surface area contributed by atoms with Gasteiger partial charge in [0.1, 0.15) is 0 Å². The first-order valence-corrected chi connectivity index (χ1v) is 8.58. The Bertz CT molecular complexity index is 590. The summed E-state index contributed by atoms with van der Waals surface area (Å²) in [6, 6.07) is 6.68. The fourth-order valence-corrected chi connectivity index (χ4v) is 3.02. The van der Waals surface area contributed by atoms with Crippen molar-refractivity contribution in [2.75, 3.05) is 20.1 Å². The number of nitrogens with two attached hydrogens (primary N) is 1. The van der Waals surface area contributed by atoms with Gasteiger partial charge in [-0.15, -0.1) is 0 Å². The van der Waals surface area contributed by atoms with Crippen LogP contribution >= 0.6 is 0 Å². The van der Waals surface area contributed by atoms with Crippen molar-refractivity contribution in [3.8, 4) is 0 Å². The molecule has 0 aromatic heterocycles. The molecule has 116 valence electrons. The average Bonchev–Trinajstić information content (AvgIpc) is 2.54. The average molecular weight is 310 g/mol. The van der Waals surface area contributed by atoms with Crippen LogP contribution in [0.15, 0.2) is 34.2 Å². The van der Waals surface area contributed by atoms with Crippen LogP contribution in [0.5, 0.6) is 0 Å². The maximum Gasteiger partial charge on any atom is 0.240 e. The second-order valence-electron chi connectivity index (χ2n) is 5.07. The van der Waals surface area contributed by atoms with Crippen LogP contribution in [0.3, 0.4) is 0 Å². The summed E-state index contributed by atoms with van der Waals surface area (Å²) in [4.78, 5) is 6.74. The van der Waals surface area contributed by atoms with Crippen LogP contribution < -0.4 is 10.5 Å². The summed E-state index contributed by atoms with van der Waals surface area (Å²) < 4.78 is 25.5. The van der Waals surface area contributed by atoms with Crippen LogP contribution in [-0.2, 0) is 16.6 Å². The smallest absolute Gasteiger partial charge is 0.240 e. The highest BCUT2D eigenvalue weighted by molar-refractivity contribution is 7.89. The normalized spacial score (nSPS) is 17.0. The van der Waals surface area contributed by atoms with Crippen molar-refractivity contribution >= 4 is 16.0 Å². The fourth-order valence-electron chi connectivity index (χ4n) is 2.29. The third-order valence-electron chi connectivity index (χ3n) is 3.61. The van der Waals surface area contributed by atoms with Crippen molar-refractivity contribution in [2.24, 2.45) is 10.7 Å². The predicted molar refractivity (Wildman–Crippen MR) is 83.4 cm³/mol. The van der Waals surface area contributed by atoms with Crippen LogP contribution in [-0.4, -0.2) is 39.4 Å². The monoisotopic (exact) mass is 310 g/mol. The molecule has 1 aliphatic rings. The molecule has 3 N–H and O–H groups in total. The van der Waals surface area contributed by atoms with E-state index in [4.69, 9.17) is 5.73 Å². The molecular weight excluding hydrogens is 288 g/mol. The molecule has 0 unspecified atom stereocenters. The molecule has 0 atom stereocenters. The molecule has 0 aliphatic carbocycles. The minimum Gasteiger partial charge on any atom is -0.370 e. The molecule has 1 fully saturated rings. The number of rotatable bonds is 4. The van der Waals surface area contributed by atoms with Gasteiger partial charge in [0.15, 0.2) is 5.96 Å². The molecule has 1 saturated heterocycles. The molecule has 21 heavy (non-hydrogen) atoms. The van der Waals surface area contributed by atoms with Crippen molar-refractivity contribution < 1.29 is 8.42 Å². The van der Waals surface area contributed by atoms with E-state index in [1.54, 1.807) is 24.3 Å². The van der Waals surface area contributed by atoms with Gasteiger partial charge in [0, 0.05) is 13.1 Å². The summed E-state index contributed by atoms with van der Waals surface area (Å²) in [6.45, 7) is 2.39. The highest BCUT2D eigenvalue weighted by atomic mass is 32.2. The van der Waals surface area contributed by atoms with Gasteiger partial charge in [-0.05, 0) is 44.0 Å². The van der Waals surface area contributed by atoms with E-state index in [0.717, 1.165) is 31.5 Å². The predicted octanol–water partition coefficient (Wildman–Crippen LogP) is 0.895. The zero-order valence-corrected chi connectivity index (χ0v) is 13.1. The number of nitrogens with one attached hydrogen (secondary N) is 1. The van der Waals surface area contributed by atoms with Crippen molar-refractivity contribution in [2.45, 2.75) is 30.7 Å². The van der Waals surface area contributed by atoms with Crippen LogP contribution in [0.1, 0.15) is 24.8 Å². The van der Waals surface area contributed by atoms with Crippen LogP contribution in [0.25, 0.3) is 0 Å². The number of nitrogens with zero attached hydrogens (tertiary/aromatic N) is 2. The van der Waals surface area contributed by atoms with Gasteiger partial charge in [0.2, 0.25) is 10.0 Å². The Hall–Kier alpha value is -1.60. The summed E-state index contributed by atoms with van der Waals surface area (Å²) in [5.41, 5.74) is 6.92. The Balaban J connectivity index is 2.00. The third kappa shape index (κ3) is 4.18. The molecule has 1 aromatic rings. The van der Waals surface area contributed by atoms with Crippen molar-refractivity contribution in [3.05, 3.63) is 29.8 Å². The quantitative estimate of drug-likeness (QED) is 0.639. The molecule has 0 amide bonds. The number of hydrogen-bond acceptors (Lipinski definition) is 3. The number of benzene rings is 1. The van der Waals surface area contributed by atoms with E-state index in [1.165, 1.54) is 13.5 Å². The van der Waals surface area contributed by atoms with Crippen LogP contribution in [0.4, 0.5) is 0 Å². The molecule has 0 radical (unpaired) electrons. The molecular formula is C14H22N4O2S. The lowest BCUT2D eigenvalue weighted by Crippen LogP contribution is -2.40. The summed E-state index contributed by atoms with van der Waals surface area (Å²) in [5, 5.41) is 0. The summed E-state index contributed by atoms with van der Waals surface area (Å²) in [5.74, 6) is 0.571. The Morgan fingerprint density at radius 3 is 2.43 bits per heavy atom. The zero-order chi connectivity index (χ0) is 15.3. The summed E-state index contributed by atoms with van der Waals surface area (Å²) in [7, 11) is -1.99. The number of aliphatic imine (C=N–C) groups is 1. The first-order valence-electron chi connectivity index (χ1n) is 7.10. The topological polar surface area (TPSA) is 87.8 Å². The second-order valence-corrected chi connectivity index (χ2v) is 6.96. The van der Waals surface area contributed by atoms with E-state index in [2.05, 4.69) is 14.6 Å². The molecule has 1 aromatic carbocycles. The lowest BCUT2D eigenvalue weighted by molar-refractivity contribution is 0.338. The number of piperidine rings is 1. The van der Waals surface area contributed by atoms with Crippen LogP contribution in [0.2, 0.25) is 0 Å². The molecule has 0 bridgehead atoms. The minimum absolute atomic E-state index is 0.252. The van der Waals surface area contributed by atoms with Gasteiger partial charge in [-0.3, -0.25) is 0 Å². The molecule has 0 saturated carbocycles. The standard InChI is InChI=1S/C14H22N4O2S/c1-16-21(19,20)13-7-5-12(6-8-13)11-17-14(15)18-9-3-2-4-10-18/h5-8,16H,2-4,9-11H2,1H3,(H2,15,17). The molecule has 6 nitrogen and oxygen atoms in total. The lowest BCUT2D eigenvalue weighted by atomic mass is 10.1. The van der Waals surface area contributed by atoms with Gasteiger partial charge in [0.25, 0.3) is 0 Å². The molecule has 1 aliphatic heterocycles. The van der Waals surface area contributed by atoms with E-state index < -0.39 is 10.0 Å². The zero-order valence-electron chi connectivity index (χ0n) is 12.2. The lowest BCUT2D eigenvalue weighted by Gasteiger charge is -2.27. The minimum atomic E-state index is -3.38. The first kappa shape index (κ1) is 15.8. The van der Waals surface area contributed by atoms with Gasteiger partial charge < -0.3 is 10.6 Å². The summed E-state index contributed by atoms with van der Waals surface area (Å²) in [6.07, 6.45) is 3.57. The highest BCUT2D eigenvalue weighted by Gasteiger charge is 2.12. The van der Waals surface area contributed by atoms with Gasteiger partial charge >= 0.3 is 0 Å². The second kappa shape index (κ2) is 6.91. The van der Waals surface area contributed by atoms with E-state index in [-0.39, 0.29) is 4.90 Å². The molecule has 7 heteroatoms. The SMILES string of the molecule is CNS(=O)(=O)c1ccc(CN=C(N)N2CCCCC2)cc1. The largest absolute Gasteiger partial charge is 0.370 e. The maximum absolute atomic E-state index is 11.6. The van der Waals surface area contributed by atoms with Crippen LogP contribution in [0, 0.1) is 0 Å². The summed E-state index contributed by atoms with van der Waals surface area (Å²) >= 11 is 0. The van der Waals surface area contributed by atoms with E-state index in [9.17, 15) is 8.42 Å². The van der Waals surface area contributed by atoms with Crippen molar-refractivity contribution in [1.29, 1.82) is 0 Å². The maximum atomic E-state index is 11.6. The number of hydrogen-bond donors (Lipinski definition) is 2. The Kier molecular flexibility index (Phi) is 5.19. The first-order chi connectivity index (χ1) is 10.0.